The van der Waals surface area contributed by atoms with Crippen LogP contribution in [0.3, 0.4) is 0 Å². The van der Waals surface area contributed by atoms with Crippen LogP contribution in [-0.4, -0.2) is 4.98 Å². The fraction of sp³-hybridized carbons (Fsp3) is 0.316. The Morgan fingerprint density at radius 2 is 2.09 bits per heavy atom. The van der Waals surface area contributed by atoms with Gasteiger partial charge in [0.2, 0.25) is 0 Å². The SMILES string of the molecule is CC1CC1c1ccc(CNC(c2ccccc2)c2nccs2)o1. The number of thiazole rings is 1. The second-order valence-electron chi connectivity index (χ2n) is 6.22. The van der Waals surface area contributed by atoms with E-state index in [1.807, 2.05) is 17.6 Å². The molecule has 0 amide bonds. The van der Waals surface area contributed by atoms with Gasteiger partial charge in [-0.15, -0.1) is 11.3 Å². The van der Waals surface area contributed by atoms with Crippen LogP contribution in [0, 0.1) is 5.92 Å². The number of hydrogen-bond donors (Lipinski definition) is 1. The number of aromatic nitrogens is 1. The standard InChI is InChI=1S/C19H20N2OS/c1-13-11-16(13)17-8-7-15(22-17)12-21-18(19-20-9-10-23-19)14-5-3-2-4-6-14/h2-10,13,16,18,21H,11-12H2,1H3. The molecule has 4 rings (SSSR count). The number of nitrogens with zero attached hydrogens (tertiary/aromatic N) is 1. The number of hydrogen-bond acceptors (Lipinski definition) is 4. The molecular formula is C19H20N2OS. The fourth-order valence-electron chi connectivity index (χ4n) is 2.98. The van der Waals surface area contributed by atoms with E-state index < -0.39 is 0 Å². The van der Waals surface area contributed by atoms with E-state index >= 15 is 0 Å². The second-order valence-corrected chi connectivity index (χ2v) is 7.14. The molecule has 1 aliphatic rings. The normalized spacial score (nSPS) is 21.3. The summed E-state index contributed by atoms with van der Waals surface area (Å²) in [5, 5.41) is 6.70. The fourth-order valence-corrected chi connectivity index (χ4v) is 3.72. The number of nitrogens with one attached hydrogen (secondary N) is 1. The molecule has 0 spiro atoms. The van der Waals surface area contributed by atoms with E-state index in [1.54, 1.807) is 11.3 Å². The number of benzene rings is 1. The monoisotopic (exact) mass is 324 g/mol. The molecule has 2 aromatic heterocycles. The van der Waals surface area contributed by atoms with Crippen LogP contribution in [-0.2, 0) is 6.54 Å². The molecule has 23 heavy (non-hydrogen) atoms. The molecule has 118 valence electrons. The molecule has 0 saturated heterocycles. The van der Waals surface area contributed by atoms with Crippen molar-refractivity contribution < 1.29 is 4.42 Å². The van der Waals surface area contributed by atoms with Crippen LogP contribution in [0.4, 0.5) is 0 Å². The van der Waals surface area contributed by atoms with E-state index in [9.17, 15) is 0 Å². The van der Waals surface area contributed by atoms with Crippen molar-refractivity contribution in [2.24, 2.45) is 5.92 Å². The third-order valence-corrected chi connectivity index (χ3v) is 5.31. The van der Waals surface area contributed by atoms with Gasteiger partial charge in [-0.2, -0.15) is 0 Å². The Bertz CT molecular complexity index is 751. The quantitative estimate of drug-likeness (QED) is 0.712. The van der Waals surface area contributed by atoms with E-state index in [2.05, 4.69) is 53.6 Å². The van der Waals surface area contributed by atoms with E-state index in [0.29, 0.717) is 12.5 Å². The highest BCUT2D eigenvalue weighted by Crippen LogP contribution is 2.47. The lowest BCUT2D eigenvalue weighted by Crippen LogP contribution is -2.21. The second kappa shape index (κ2) is 6.30. The maximum absolute atomic E-state index is 6.00. The van der Waals surface area contributed by atoms with Crippen LogP contribution in [0.2, 0.25) is 0 Å². The average Bonchev–Trinajstić information content (AvgIpc) is 3.01. The third kappa shape index (κ3) is 3.23. The summed E-state index contributed by atoms with van der Waals surface area (Å²) in [4.78, 5) is 4.48. The molecule has 4 heteroatoms. The van der Waals surface area contributed by atoms with Gasteiger partial charge in [0, 0.05) is 17.5 Å². The van der Waals surface area contributed by atoms with Gasteiger partial charge < -0.3 is 4.42 Å². The van der Waals surface area contributed by atoms with E-state index in [-0.39, 0.29) is 6.04 Å². The zero-order valence-corrected chi connectivity index (χ0v) is 13.9. The van der Waals surface area contributed by atoms with Crippen molar-refractivity contribution in [3.05, 3.63) is 76.1 Å². The van der Waals surface area contributed by atoms with Crippen molar-refractivity contribution in [3.8, 4) is 0 Å². The summed E-state index contributed by atoms with van der Waals surface area (Å²) in [6, 6.07) is 14.8. The summed E-state index contributed by atoms with van der Waals surface area (Å²) in [6.45, 7) is 2.99. The van der Waals surface area contributed by atoms with E-state index in [1.165, 1.54) is 12.0 Å². The predicted octanol–water partition coefficient (Wildman–Crippen LogP) is 4.74. The van der Waals surface area contributed by atoms with Crippen LogP contribution in [0.1, 0.15) is 47.4 Å². The van der Waals surface area contributed by atoms with Crippen LogP contribution in [0.25, 0.3) is 0 Å². The Hall–Kier alpha value is -1.91. The molecule has 1 saturated carbocycles. The molecule has 0 radical (unpaired) electrons. The molecular weight excluding hydrogens is 304 g/mol. The molecule has 1 aromatic carbocycles. The molecule has 1 aliphatic carbocycles. The third-order valence-electron chi connectivity index (χ3n) is 4.47. The highest BCUT2D eigenvalue weighted by Gasteiger charge is 2.36. The average molecular weight is 324 g/mol. The molecule has 1 fully saturated rings. The zero-order chi connectivity index (χ0) is 15.6. The van der Waals surface area contributed by atoms with Gasteiger partial charge in [-0.25, -0.2) is 4.98 Å². The first-order valence-corrected chi connectivity index (χ1v) is 8.95. The molecule has 0 aliphatic heterocycles. The maximum Gasteiger partial charge on any atom is 0.117 e. The Balaban J connectivity index is 1.49. The molecule has 1 N–H and O–H groups in total. The Morgan fingerprint density at radius 3 is 2.78 bits per heavy atom. The van der Waals surface area contributed by atoms with Crippen molar-refractivity contribution in [1.82, 2.24) is 10.3 Å². The highest BCUT2D eigenvalue weighted by atomic mass is 32.1. The summed E-state index contributed by atoms with van der Waals surface area (Å²) in [5.74, 6) is 3.54. The molecule has 3 aromatic rings. The van der Waals surface area contributed by atoms with Crippen molar-refractivity contribution >= 4 is 11.3 Å². The van der Waals surface area contributed by atoms with Gasteiger partial charge in [-0.3, -0.25) is 5.32 Å². The lowest BCUT2D eigenvalue weighted by molar-refractivity contribution is 0.435. The first-order chi connectivity index (χ1) is 11.3. The minimum Gasteiger partial charge on any atom is -0.464 e. The van der Waals surface area contributed by atoms with Crippen molar-refractivity contribution in [3.63, 3.8) is 0 Å². The maximum atomic E-state index is 6.00. The van der Waals surface area contributed by atoms with Gasteiger partial charge >= 0.3 is 0 Å². The minimum atomic E-state index is 0.101. The van der Waals surface area contributed by atoms with Gasteiger partial charge in [0.1, 0.15) is 16.5 Å². The number of furan rings is 1. The predicted molar refractivity (Wildman–Crippen MR) is 92.5 cm³/mol. The topological polar surface area (TPSA) is 38.1 Å². The van der Waals surface area contributed by atoms with Crippen LogP contribution in [0.5, 0.6) is 0 Å². The van der Waals surface area contributed by atoms with E-state index in [0.717, 1.165) is 22.4 Å². The van der Waals surface area contributed by atoms with Gasteiger partial charge in [-0.05, 0) is 30.0 Å². The first kappa shape index (κ1) is 14.7. The smallest absolute Gasteiger partial charge is 0.117 e. The Labute approximate surface area is 140 Å². The summed E-state index contributed by atoms with van der Waals surface area (Å²) in [6.07, 6.45) is 3.11. The first-order valence-electron chi connectivity index (χ1n) is 8.07. The van der Waals surface area contributed by atoms with Crippen LogP contribution in [0.15, 0.2) is 58.5 Å². The summed E-state index contributed by atoms with van der Waals surface area (Å²) >= 11 is 1.68. The molecule has 3 unspecified atom stereocenters. The van der Waals surface area contributed by atoms with Gasteiger partial charge in [-0.1, -0.05) is 37.3 Å². The van der Waals surface area contributed by atoms with Crippen molar-refractivity contribution in [1.29, 1.82) is 0 Å². The zero-order valence-electron chi connectivity index (χ0n) is 13.1. The summed E-state index contributed by atoms with van der Waals surface area (Å²) in [5.41, 5.74) is 1.23. The summed E-state index contributed by atoms with van der Waals surface area (Å²) in [7, 11) is 0. The lowest BCUT2D eigenvalue weighted by Gasteiger charge is -2.16. The van der Waals surface area contributed by atoms with Gasteiger partial charge in [0.25, 0.3) is 0 Å². The summed E-state index contributed by atoms with van der Waals surface area (Å²) < 4.78 is 6.00. The molecule has 2 heterocycles. The number of rotatable bonds is 6. The molecule has 3 atom stereocenters. The minimum absolute atomic E-state index is 0.101. The largest absolute Gasteiger partial charge is 0.464 e. The van der Waals surface area contributed by atoms with Gasteiger partial charge in [0.05, 0.1) is 12.6 Å². The van der Waals surface area contributed by atoms with Crippen LogP contribution >= 0.6 is 11.3 Å². The lowest BCUT2D eigenvalue weighted by atomic mass is 10.1. The van der Waals surface area contributed by atoms with Gasteiger partial charge in [0.15, 0.2) is 0 Å². The van der Waals surface area contributed by atoms with E-state index in [4.69, 9.17) is 4.42 Å². The Kier molecular flexibility index (Phi) is 4.02. The van der Waals surface area contributed by atoms with Crippen LogP contribution < -0.4 is 5.32 Å². The van der Waals surface area contributed by atoms with Crippen molar-refractivity contribution in [2.45, 2.75) is 31.8 Å². The Morgan fingerprint density at radius 1 is 1.26 bits per heavy atom. The highest BCUT2D eigenvalue weighted by molar-refractivity contribution is 7.09. The van der Waals surface area contributed by atoms with Crippen molar-refractivity contribution in [2.75, 3.05) is 0 Å². The molecule has 0 bridgehead atoms. The molecule has 3 nitrogen and oxygen atoms in total.